The molecule has 2 aromatic carbocycles. The van der Waals surface area contributed by atoms with Crippen LogP contribution < -0.4 is 5.32 Å². The van der Waals surface area contributed by atoms with Gasteiger partial charge in [-0.2, -0.15) is 4.31 Å². The molecule has 162 valence electrons. The van der Waals surface area contributed by atoms with E-state index in [2.05, 4.69) is 5.32 Å². The molecule has 2 aromatic rings. The molecule has 0 spiro atoms. The zero-order valence-corrected chi connectivity index (χ0v) is 18.1. The first kappa shape index (κ1) is 21.3. The summed E-state index contributed by atoms with van der Waals surface area (Å²) in [5, 5.41) is 2.80. The van der Waals surface area contributed by atoms with E-state index >= 15 is 0 Å². The molecule has 2 aliphatic heterocycles. The molecule has 7 nitrogen and oxygen atoms in total. The number of carbonyl (C=O) groups excluding carboxylic acids is 2. The molecule has 1 atom stereocenters. The molecule has 4 rings (SSSR count). The third kappa shape index (κ3) is 4.40. The van der Waals surface area contributed by atoms with E-state index in [0.29, 0.717) is 18.8 Å². The Hall–Kier alpha value is -2.97. The minimum Gasteiger partial charge on any atom is -0.326 e. The van der Waals surface area contributed by atoms with Gasteiger partial charge in [0.1, 0.15) is 0 Å². The lowest BCUT2D eigenvalue weighted by Gasteiger charge is -2.32. The fourth-order valence-electron chi connectivity index (χ4n) is 4.11. The minimum absolute atomic E-state index is 0.0596. The summed E-state index contributed by atoms with van der Waals surface area (Å²) < 4.78 is 27.1. The predicted octanol–water partition coefficient (Wildman–Crippen LogP) is 3.37. The van der Waals surface area contributed by atoms with Crippen LogP contribution in [0.3, 0.4) is 0 Å². The highest BCUT2D eigenvalue weighted by Gasteiger charge is 2.29. The molecule has 2 amide bonds. The van der Waals surface area contributed by atoms with Crippen LogP contribution in [0.4, 0.5) is 5.69 Å². The van der Waals surface area contributed by atoms with Crippen molar-refractivity contribution in [2.45, 2.75) is 37.1 Å². The average Bonchev–Trinajstić information content (AvgIpc) is 3.30. The predicted molar refractivity (Wildman–Crippen MR) is 118 cm³/mol. The van der Waals surface area contributed by atoms with Gasteiger partial charge < -0.3 is 10.2 Å². The Kier molecular flexibility index (Phi) is 5.93. The second-order valence-electron chi connectivity index (χ2n) is 7.78. The number of nitrogens with zero attached hydrogens (tertiary/aromatic N) is 2. The molecule has 31 heavy (non-hydrogen) atoms. The molecule has 2 aliphatic rings. The van der Waals surface area contributed by atoms with Gasteiger partial charge in [0.15, 0.2) is 0 Å². The summed E-state index contributed by atoms with van der Waals surface area (Å²) in [5.41, 5.74) is 2.29. The van der Waals surface area contributed by atoms with Gasteiger partial charge >= 0.3 is 0 Å². The Balaban J connectivity index is 1.52. The molecule has 0 saturated carbocycles. The highest BCUT2D eigenvalue weighted by atomic mass is 32.2. The molecule has 0 unspecified atom stereocenters. The Labute approximate surface area is 182 Å². The number of fused-ring (bicyclic) bond motifs is 1. The standard InChI is InChI=1S/C23H25N3O4S/c1-17(27)26-14-11-18-7-2-3-10-21(18)22(26)16-23(28)24-19-8-6-9-20(15-19)31(29,30)25-12-4-5-13-25/h2-3,6-11,14-15,22H,4-5,12-13,16H2,1H3,(H,24,28)/t22-/m0/s1. The van der Waals surface area contributed by atoms with Gasteiger partial charge in [0.25, 0.3) is 0 Å². The molecule has 8 heteroatoms. The van der Waals surface area contributed by atoms with Crippen LogP contribution in [0.25, 0.3) is 6.08 Å². The van der Waals surface area contributed by atoms with Crippen molar-refractivity contribution >= 4 is 33.6 Å². The van der Waals surface area contributed by atoms with Gasteiger partial charge in [0, 0.05) is 31.9 Å². The highest BCUT2D eigenvalue weighted by Crippen LogP contribution is 2.33. The molecular weight excluding hydrogens is 414 g/mol. The first-order valence-electron chi connectivity index (χ1n) is 10.3. The van der Waals surface area contributed by atoms with Gasteiger partial charge in [-0.25, -0.2) is 8.42 Å². The lowest BCUT2D eigenvalue weighted by atomic mass is 9.93. The van der Waals surface area contributed by atoms with E-state index < -0.39 is 16.1 Å². The van der Waals surface area contributed by atoms with E-state index in [1.165, 1.54) is 17.3 Å². The maximum atomic E-state index is 12.8. The molecular formula is C23H25N3O4S. The van der Waals surface area contributed by atoms with Crippen LogP contribution in [0.5, 0.6) is 0 Å². The van der Waals surface area contributed by atoms with Gasteiger partial charge in [-0.15, -0.1) is 0 Å². The van der Waals surface area contributed by atoms with Crippen molar-refractivity contribution in [1.29, 1.82) is 0 Å². The average molecular weight is 440 g/mol. The van der Waals surface area contributed by atoms with Gasteiger partial charge in [0.05, 0.1) is 17.4 Å². The SMILES string of the molecule is CC(=O)N1C=Cc2ccccc2[C@@H]1CC(=O)Nc1cccc(S(=O)(=O)N2CCCC2)c1. The highest BCUT2D eigenvalue weighted by molar-refractivity contribution is 7.89. The Morgan fingerprint density at radius 2 is 1.81 bits per heavy atom. The summed E-state index contributed by atoms with van der Waals surface area (Å²) >= 11 is 0. The van der Waals surface area contributed by atoms with Crippen molar-refractivity contribution in [1.82, 2.24) is 9.21 Å². The van der Waals surface area contributed by atoms with E-state index in [4.69, 9.17) is 0 Å². The lowest BCUT2D eigenvalue weighted by Crippen LogP contribution is -2.33. The van der Waals surface area contributed by atoms with Crippen LogP contribution in [0.1, 0.15) is 43.4 Å². The number of hydrogen-bond acceptors (Lipinski definition) is 4. The molecule has 2 heterocycles. The van der Waals surface area contributed by atoms with Crippen LogP contribution in [0.2, 0.25) is 0 Å². The molecule has 0 radical (unpaired) electrons. The zero-order valence-electron chi connectivity index (χ0n) is 17.3. The minimum atomic E-state index is -3.56. The lowest BCUT2D eigenvalue weighted by molar-refractivity contribution is -0.129. The summed E-state index contributed by atoms with van der Waals surface area (Å²) in [6, 6.07) is 13.6. The number of nitrogens with one attached hydrogen (secondary N) is 1. The Bertz CT molecular complexity index is 1140. The van der Waals surface area contributed by atoms with Crippen LogP contribution in [-0.4, -0.2) is 42.5 Å². The Morgan fingerprint density at radius 1 is 1.06 bits per heavy atom. The molecule has 1 fully saturated rings. The van der Waals surface area contributed by atoms with Crippen molar-refractivity contribution in [2.75, 3.05) is 18.4 Å². The number of rotatable bonds is 5. The molecule has 0 aromatic heterocycles. The van der Waals surface area contributed by atoms with Crippen molar-refractivity contribution in [3.05, 3.63) is 65.9 Å². The number of carbonyl (C=O) groups is 2. The third-order valence-corrected chi connectivity index (χ3v) is 7.56. The molecule has 1 N–H and O–H groups in total. The van der Waals surface area contributed by atoms with Gasteiger partial charge in [-0.3, -0.25) is 9.59 Å². The smallest absolute Gasteiger partial charge is 0.243 e. The topological polar surface area (TPSA) is 86.8 Å². The first-order valence-corrected chi connectivity index (χ1v) is 11.8. The molecule has 0 aliphatic carbocycles. The van der Waals surface area contributed by atoms with Gasteiger partial charge in [0.2, 0.25) is 21.8 Å². The largest absolute Gasteiger partial charge is 0.326 e. The van der Waals surface area contributed by atoms with Crippen molar-refractivity contribution < 1.29 is 18.0 Å². The summed E-state index contributed by atoms with van der Waals surface area (Å²) in [6.45, 7) is 2.51. The number of benzene rings is 2. The quantitative estimate of drug-likeness (QED) is 0.774. The second kappa shape index (κ2) is 8.64. The van der Waals surface area contributed by atoms with E-state index in [0.717, 1.165) is 24.0 Å². The fraction of sp³-hybridized carbons (Fsp3) is 0.304. The van der Waals surface area contributed by atoms with E-state index in [9.17, 15) is 18.0 Å². The van der Waals surface area contributed by atoms with Gasteiger partial charge in [-0.1, -0.05) is 30.3 Å². The number of amides is 2. The second-order valence-corrected chi connectivity index (χ2v) is 9.72. The summed E-state index contributed by atoms with van der Waals surface area (Å²) in [5.74, 6) is -0.445. The summed E-state index contributed by atoms with van der Waals surface area (Å²) in [6.07, 6.45) is 5.34. The zero-order chi connectivity index (χ0) is 22.0. The maximum absolute atomic E-state index is 12.8. The van der Waals surface area contributed by atoms with Crippen LogP contribution in [0, 0.1) is 0 Å². The number of sulfonamides is 1. The van der Waals surface area contributed by atoms with Gasteiger partial charge in [-0.05, 0) is 48.2 Å². The number of anilines is 1. The third-order valence-electron chi connectivity index (χ3n) is 5.67. The number of hydrogen-bond donors (Lipinski definition) is 1. The summed E-state index contributed by atoms with van der Waals surface area (Å²) in [7, 11) is -3.56. The van der Waals surface area contributed by atoms with Crippen molar-refractivity contribution in [3.8, 4) is 0 Å². The van der Waals surface area contributed by atoms with Crippen LogP contribution in [0.15, 0.2) is 59.6 Å². The first-order chi connectivity index (χ1) is 14.9. The molecule has 0 bridgehead atoms. The normalized spacial score (nSPS) is 18.6. The maximum Gasteiger partial charge on any atom is 0.243 e. The van der Waals surface area contributed by atoms with Crippen LogP contribution >= 0.6 is 0 Å². The van der Waals surface area contributed by atoms with E-state index in [-0.39, 0.29) is 23.1 Å². The van der Waals surface area contributed by atoms with Crippen LogP contribution in [-0.2, 0) is 19.6 Å². The summed E-state index contributed by atoms with van der Waals surface area (Å²) in [4.78, 5) is 26.7. The van der Waals surface area contributed by atoms with Crippen molar-refractivity contribution in [3.63, 3.8) is 0 Å². The Morgan fingerprint density at radius 3 is 2.55 bits per heavy atom. The van der Waals surface area contributed by atoms with E-state index in [1.807, 2.05) is 30.3 Å². The molecule has 1 saturated heterocycles. The van der Waals surface area contributed by atoms with E-state index in [1.54, 1.807) is 29.3 Å². The fourth-order valence-corrected chi connectivity index (χ4v) is 5.68. The monoisotopic (exact) mass is 439 g/mol. The van der Waals surface area contributed by atoms with Crippen molar-refractivity contribution in [2.24, 2.45) is 0 Å².